The predicted octanol–water partition coefficient (Wildman–Crippen LogP) is 4.14. The smallest absolute Gasteiger partial charge is 0.219 e. The van der Waals surface area contributed by atoms with Crippen molar-refractivity contribution in [1.82, 2.24) is 4.98 Å². The average molecular weight is 307 g/mol. The average Bonchev–Trinajstić information content (AvgIpc) is 2.31. The van der Waals surface area contributed by atoms with Crippen molar-refractivity contribution in [1.29, 1.82) is 0 Å². The van der Waals surface area contributed by atoms with Gasteiger partial charge in [-0.05, 0) is 66.0 Å². The van der Waals surface area contributed by atoms with Gasteiger partial charge in [0.05, 0.1) is 5.69 Å². The molecule has 0 aliphatic rings. The lowest BCUT2D eigenvalue weighted by Crippen LogP contribution is -1.96. The largest absolute Gasteiger partial charge is 0.439 e. The van der Waals surface area contributed by atoms with Crippen LogP contribution in [0.5, 0.6) is 11.6 Å². The molecule has 3 nitrogen and oxygen atoms in total. The number of ether oxygens (including phenoxy) is 1. The number of nitrogen functional groups attached to an aromatic ring is 1. The quantitative estimate of drug-likeness (QED) is 0.848. The fraction of sp³-hybridized carbons (Fsp3) is 0.214. The van der Waals surface area contributed by atoms with Gasteiger partial charge in [0.2, 0.25) is 5.88 Å². The molecule has 2 aromatic rings. The molecule has 1 aromatic heterocycles. The summed E-state index contributed by atoms with van der Waals surface area (Å²) in [4.78, 5) is 4.36. The van der Waals surface area contributed by atoms with E-state index in [9.17, 15) is 0 Å². The van der Waals surface area contributed by atoms with Crippen LogP contribution in [0.3, 0.4) is 0 Å². The molecule has 0 aliphatic heterocycles. The first-order valence-electron chi connectivity index (χ1n) is 5.65. The number of anilines is 1. The van der Waals surface area contributed by atoms with Gasteiger partial charge in [0.25, 0.3) is 0 Å². The van der Waals surface area contributed by atoms with Gasteiger partial charge in [0, 0.05) is 16.2 Å². The van der Waals surface area contributed by atoms with Crippen molar-refractivity contribution in [3.63, 3.8) is 0 Å². The summed E-state index contributed by atoms with van der Waals surface area (Å²) >= 11 is 3.42. The van der Waals surface area contributed by atoms with Gasteiger partial charge in [-0.1, -0.05) is 0 Å². The first-order chi connectivity index (χ1) is 8.47. The molecular formula is C14H15BrN2O. The Morgan fingerprint density at radius 1 is 1.11 bits per heavy atom. The molecule has 0 amide bonds. The molecule has 1 aromatic carbocycles. The summed E-state index contributed by atoms with van der Waals surface area (Å²) in [5, 5.41) is 0. The third kappa shape index (κ3) is 2.64. The van der Waals surface area contributed by atoms with E-state index in [4.69, 9.17) is 10.5 Å². The van der Waals surface area contributed by atoms with Crippen LogP contribution >= 0.6 is 15.9 Å². The van der Waals surface area contributed by atoms with Gasteiger partial charge in [-0.25, -0.2) is 4.98 Å². The van der Waals surface area contributed by atoms with Crippen molar-refractivity contribution >= 4 is 21.6 Å². The second-order valence-corrected chi connectivity index (χ2v) is 5.15. The standard InChI is InChI=1S/C14H15BrN2O/c1-8-7-13(9(2)6-12(8)16)18-14-5-4-11(15)10(3)17-14/h4-7H,16H2,1-3H3. The number of benzene rings is 1. The van der Waals surface area contributed by atoms with Gasteiger partial charge in [-0.2, -0.15) is 0 Å². The van der Waals surface area contributed by atoms with Crippen molar-refractivity contribution in [3.8, 4) is 11.6 Å². The van der Waals surface area contributed by atoms with E-state index in [1.165, 1.54) is 0 Å². The van der Waals surface area contributed by atoms with Crippen LogP contribution in [0.2, 0.25) is 0 Å². The highest BCUT2D eigenvalue weighted by Gasteiger charge is 2.06. The molecule has 0 aliphatic carbocycles. The molecule has 4 heteroatoms. The monoisotopic (exact) mass is 306 g/mol. The first kappa shape index (κ1) is 12.9. The Kier molecular flexibility index (Phi) is 3.57. The molecule has 0 bridgehead atoms. The minimum atomic E-state index is 0.586. The van der Waals surface area contributed by atoms with Crippen LogP contribution in [0, 0.1) is 20.8 Å². The molecule has 0 spiro atoms. The number of rotatable bonds is 2. The first-order valence-corrected chi connectivity index (χ1v) is 6.44. The van der Waals surface area contributed by atoms with Crippen molar-refractivity contribution in [2.45, 2.75) is 20.8 Å². The van der Waals surface area contributed by atoms with E-state index in [-0.39, 0.29) is 0 Å². The van der Waals surface area contributed by atoms with Gasteiger partial charge in [-0.15, -0.1) is 0 Å². The van der Waals surface area contributed by atoms with Crippen molar-refractivity contribution in [2.24, 2.45) is 0 Å². The lowest BCUT2D eigenvalue weighted by Gasteiger charge is -2.11. The Hall–Kier alpha value is -1.55. The number of hydrogen-bond donors (Lipinski definition) is 1. The predicted molar refractivity (Wildman–Crippen MR) is 77.1 cm³/mol. The number of pyridine rings is 1. The number of hydrogen-bond acceptors (Lipinski definition) is 3. The summed E-state index contributed by atoms with van der Waals surface area (Å²) in [6.45, 7) is 5.86. The molecule has 0 saturated carbocycles. The molecule has 1 heterocycles. The van der Waals surface area contributed by atoms with Crippen LogP contribution in [-0.4, -0.2) is 4.98 Å². The van der Waals surface area contributed by atoms with Gasteiger partial charge in [0.15, 0.2) is 0 Å². The maximum atomic E-state index is 5.85. The maximum Gasteiger partial charge on any atom is 0.219 e. The van der Waals surface area contributed by atoms with E-state index in [1.807, 2.05) is 45.0 Å². The molecule has 0 atom stereocenters. The molecular weight excluding hydrogens is 292 g/mol. The summed E-state index contributed by atoms with van der Waals surface area (Å²) in [6.07, 6.45) is 0. The second-order valence-electron chi connectivity index (χ2n) is 4.29. The van der Waals surface area contributed by atoms with Crippen LogP contribution in [0.15, 0.2) is 28.7 Å². The van der Waals surface area contributed by atoms with Crippen LogP contribution in [-0.2, 0) is 0 Å². The zero-order valence-corrected chi connectivity index (χ0v) is 12.2. The van der Waals surface area contributed by atoms with E-state index < -0.39 is 0 Å². The highest BCUT2D eigenvalue weighted by Crippen LogP contribution is 2.29. The molecule has 2 rings (SSSR count). The fourth-order valence-electron chi connectivity index (χ4n) is 1.61. The van der Waals surface area contributed by atoms with Crippen molar-refractivity contribution < 1.29 is 4.74 Å². The highest BCUT2D eigenvalue weighted by molar-refractivity contribution is 9.10. The molecule has 18 heavy (non-hydrogen) atoms. The van der Waals surface area contributed by atoms with Crippen LogP contribution in [0.4, 0.5) is 5.69 Å². The Labute approximate surface area is 115 Å². The summed E-state index contributed by atoms with van der Waals surface area (Å²) < 4.78 is 6.77. The molecule has 2 N–H and O–H groups in total. The number of halogens is 1. The Morgan fingerprint density at radius 2 is 1.83 bits per heavy atom. The number of aryl methyl sites for hydroxylation is 3. The fourth-order valence-corrected chi connectivity index (χ4v) is 1.83. The highest BCUT2D eigenvalue weighted by atomic mass is 79.9. The van der Waals surface area contributed by atoms with Crippen LogP contribution < -0.4 is 10.5 Å². The summed E-state index contributed by atoms with van der Waals surface area (Å²) in [6, 6.07) is 7.61. The van der Waals surface area contributed by atoms with Crippen LogP contribution in [0.25, 0.3) is 0 Å². The van der Waals surface area contributed by atoms with E-state index in [0.29, 0.717) is 5.88 Å². The van der Waals surface area contributed by atoms with Crippen molar-refractivity contribution in [3.05, 3.63) is 45.6 Å². The molecule has 0 saturated heterocycles. The summed E-state index contributed by atoms with van der Waals surface area (Å²) in [7, 11) is 0. The maximum absolute atomic E-state index is 5.85. The number of nitrogens with zero attached hydrogens (tertiary/aromatic N) is 1. The third-order valence-corrected chi connectivity index (χ3v) is 3.61. The van der Waals surface area contributed by atoms with Gasteiger partial charge < -0.3 is 10.5 Å². The van der Waals surface area contributed by atoms with Gasteiger partial charge in [-0.3, -0.25) is 0 Å². The minimum absolute atomic E-state index is 0.586. The van der Waals surface area contributed by atoms with Crippen LogP contribution in [0.1, 0.15) is 16.8 Å². The molecule has 94 valence electrons. The van der Waals surface area contributed by atoms with E-state index in [1.54, 1.807) is 0 Å². The van der Waals surface area contributed by atoms with Crippen molar-refractivity contribution in [2.75, 3.05) is 5.73 Å². The molecule has 0 unspecified atom stereocenters. The molecule has 0 radical (unpaired) electrons. The summed E-state index contributed by atoms with van der Waals surface area (Å²) in [5.74, 6) is 1.37. The number of nitrogens with two attached hydrogens (primary N) is 1. The SMILES string of the molecule is Cc1cc(Oc2ccc(Br)c(C)n2)c(C)cc1N. The lowest BCUT2D eigenvalue weighted by atomic mass is 10.1. The van der Waals surface area contributed by atoms with E-state index in [0.717, 1.165) is 32.7 Å². The van der Waals surface area contributed by atoms with E-state index >= 15 is 0 Å². The topological polar surface area (TPSA) is 48.1 Å². The Bertz CT molecular complexity index is 597. The Balaban J connectivity index is 2.34. The van der Waals surface area contributed by atoms with Gasteiger partial charge in [0.1, 0.15) is 5.75 Å². The number of aromatic nitrogens is 1. The summed E-state index contributed by atoms with van der Waals surface area (Å²) in [5.41, 5.74) is 9.53. The van der Waals surface area contributed by atoms with E-state index in [2.05, 4.69) is 20.9 Å². The lowest BCUT2D eigenvalue weighted by molar-refractivity contribution is 0.457. The zero-order valence-electron chi connectivity index (χ0n) is 10.6. The molecule has 0 fully saturated rings. The zero-order chi connectivity index (χ0) is 13.3. The Morgan fingerprint density at radius 3 is 2.50 bits per heavy atom. The normalized spacial score (nSPS) is 10.4. The second kappa shape index (κ2) is 4.98. The van der Waals surface area contributed by atoms with Gasteiger partial charge >= 0.3 is 0 Å². The minimum Gasteiger partial charge on any atom is -0.439 e. The third-order valence-electron chi connectivity index (χ3n) is 2.77.